The number of fused-ring (bicyclic) bond motifs is 1. The van der Waals surface area contributed by atoms with E-state index in [0.29, 0.717) is 30.1 Å². The first kappa shape index (κ1) is 16.3. The zero-order chi connectivity index (χ0) is 18.1. The number of amides is 2. The van der Waals surface area contributed by atoms with Gasteiger partial charge in [0.15, 0.2) is 11.5 Å². The molecule has 1 saturated heterocycles. The number of primary amides is 1. The lowest BCUT2D eigenvalue weighted by Gasteiger charge is -2.31. The molecule has 1 aromatic heterocycles. The molecule has 2 heterocycles. The Hall–Kier alpha value is -3.15. The second kappa shape index (κ2) is 6.63. The van der Waals surface area contributed by atoms with Gasteiger partial charge >= 0.3 is 0 Å². The Morgan fingerprint density at radius 1 is 1.12 bits per heavy atom. The van der Waals surface area contributed by atoms with Crippen molar-refractivity contribution in [3.05, 3.63) is 65.5 Å². The first-order valence-corrected chi connectivity index (χ1v) is 8.66. The normalized spacial score (nSPS) is 17.4. The highest BCUT2D eigenvalue weighted by Gasteiger charge is 2.28. The van der Waals surface area contributed by atoms with Crippen molar-refractivity contribution >= 4 is 22.9 Å². The molecule has 132 valence electrons. The maximum absolute atomic E-state index is 12.8. The van der Waals surface area contributed by atoms with Crippen molar-refractivity contribution in [2.24, 2.45) is 5.73 Å². The van der Waals surface area contributed by atoms with Gasteiger partial charge in [0.2, 0.25) is 5.91 Å². The summed E-state index contributed by atoms with van der Waals surface area (Å²) in [5.74, 6) is 0.102. The van der Waals surface area contributed by atoms with Gasteiger partial charge in [-0.3, -0.25) is 9.59 Å². The van der Waals surface area contributed by atoms with Gasteiger partial charge in [0, 0.05) is 24.2 Å². The molecule has 0 unspecified atom stereocenters. The van der Waals surface area contributed by atoms with Crippen molar-refractivity contribution in [3.63, 3.8) is 0 Å². The Balaban J connectivity index is 1.55. The Kier molecular flexibility index (Phi) is 4.16. The molecular formula is C20H19N3O3. The Bertz CT molecular complexity index is 946. The molecule has 0 spiro atoms. The van der Waals surface area contributed by atoms with Crippen LogP contribution in [0.15, 0.2) is 52.9 Å². The van der Waals surface area contributed by atoms with E-state index in [1.54, 1.807) is 29.2 Å². The average molecular weight is 349 g/mol. The van der Waals surface area contributed by atoms with E-state index in [9.17, 15) is 9.59 Å². The minimum absolute atomic E-state index is 0.0689. The van der Waals surface area contributed by atoms with Crippen LogP contribution in [0.4, 0.5) is 0 Å². The lowest BCUT2D eigenvalue weighted by atomic mass is 9.97. The third-order valence-electron chi connectivity index (χ3n) is 4.76. The van der Waals surface area contributed by atoms with Crippen LogP contribution in [-0.2, 0) is 0 Å². The molecule has 3 aromatic rings. The molecule has 0 saturated carbocycles. The maximum Gasteiger partial charge on any atom is 0.253 e. The largest absolute Gasteiger partial charge is 0.440 e. The van der Waals surface area contributed by atoms with E-state index in [0.717, 1.165) is 23.9 Å². The van der Waals surface area contributed by atoms with Crippen molar-refractivity contribution in [2.45, 2.75) is 18.8 Å². The third-order valence-corrected chi connectivity index (χ3v) is 4.76. The fraction of sp³-hybridized carbons (Fsp3) is 0.250. The zero-order valence-corrected chi connectivity index (χ0v) is 14.2. The molecule has 26 heavy (non-hydrogen) atoms. The molecular weight excluding hydrogens is 330 g/mol. The second-order valence-corrected chi connectivity index (χ2v) is 6.56. The van der Waals surface area contributed by atoms with Gasteiger partial charge in [-0.15, -0.1) is 0 Å². The average Bonchev–Trinajstić information content (AvgIpc) is 3.12. The van der Waals surface area contributed by atoms with Crippen LogP contribution in [0.25, 0.3) is 11.1 Å². The van der Waals surface area contributed by atoms with Crippen molar-refractivity contribution in [1.29, 1.82) is 0 Å². The van der Waals surface area contributed by atoms with E-state index in [-0.39, 0.29) is 11.8 Å². The summed E-state index contributed by atoms with van der Waals surface area (Å²) < 4.78 is 5.88. The minimum Gasteiger partial charge on any atom is -0.440 e. The maximum atomic E-state index is 12.8. The number of nitrogens with zero attached hydrogens (tertiary/aromatic N) is 2. The number of carbonyl (C=O) groups excluding carboxylic acids is 2. The summed E-state index contributed by atoms with van der Waals surface area (Å²) in [5, 5.41) is 0. The Morgan fingerprint density at radius 2 is 1.92 bits per heavy atom. The second-order valence-electron chi connectivity index (χ2n) is 6.56. The zero-order valence-electron chi connectivity index (χ0n) is 14.2. The summed E-state index contributed by atoms with van der Waals surface area (Å²) in [6, 6.07) is 14.2. The predicted molar refractivity (Wildman–Crippen MR) is 96.8 cm³/mol. The van der Waals surface area contributed by atoms with Crippen LogP contribution in [0.5, 0.6) is 0 Å². The summed E-state index contributed by atoms with van der Waals surface area (Å²) in [4.78, 5) is 30.6. The number of oxazole rings is 1. The van der Waals surface area contributed by atoms with E-state index in [4.69, 9.17) is 10.2 Å². The summed E-state index contributed by atoms with van der Waals surface area (Å²) in [7, 11) is 0. The van der Waals surface area contributed by atoms with Crippen LogP contribution >= 0.6 is 0 Å². The number of hydrogen-bond donors (Lipinski definition) is 1. The third kappa shape index (κ3) is 3.06. The van der Waals surface area contributed by atoms with E-state index in [2.05, 4.69) is 4.98 Å². The predicted octanol–water partition coefficient (Wildman–Crippen LogP) is 2.95. The highest BCUT2D eigenvalue weighted by molar-refractivity contribution is 5.99. The monoisotopic (exact) mass is 349 g/mol. The van der Waals surface area contributed by atoms with Gasteiger partial charge in [0.05, 0.1) is 5.92 Å². The molecule has 1 aliphatic heterocycles. The highest BCUT2D eigenvalue weighted by Crippen LogP contribution is 2.29. The Morgan fingerprint density at radius 3 is 2.73 bits per heavy atom. The fourth-order valence-electron chi connectivity index (χ4n) is 3.42. The SMILES string of the molecule is NC(=O)c1cccc(C(=O)N2CCC[C@@H](c3nc4ccccc4o3)C2)c1. The molecule has 6 heteroatoms. The van der Waals surface area contributed by atoms with Gasteiger partial charge in [-0.1, -0.05) is 18.2 Å². The molecule has 1 fully saturated rings. The van der Waals surface area contributed by atoms with E-state index < -0.39 is 5.91 Å². The van der Waals surface area contributed by atoms with Crippen LogP contribution < -0.4 is 5.73 Å². The summed E-state index contributed by atoms with van der Waals surface area (Å²) in [6.45, 7) is 1.23. The summed E-state index contributed by atoms with van der Waals surface area (Å²) >= 11 is 0. The van der Waals surface area contributed by atoms with Gasteiger partial charge in [-0.25, -0.2) is 4.98 Å². The number of likely N-dealkylation sites (tertiary alicyclic amines) is 1. The highest BCUT2D eigenvalue weighted by atomic mass is 16.3. The number of piperidine rings is 1. The molecule has 4 rings (SSSR count). The molecule has 0 aliphatic carbocycles. The quantitative estimate of drug-likeness (QED) is 0.787. The number of hydrogen-bond acceptors (Lipinski definition) is 4. The van der Waals surface area contributed by atoms with Crippen LogP contribution in [0.1, 0.15) is 45.4 Å². The first-order valence-electron chi connectivity index (χ1n) is 8.66. The minimum atomic E-state index is -0.539. The van der Waals surface area contributed by atoms with Crippen molar-refractivity contribution in [1.82, 2.24) is 9.88 Å². The molecule has 2 aromatic carbocycles. The van der Waals surface area contributed by atoms with Crippen LogP contribution in [0.3, 0.4) is 0 Å². The number of rotatable bonds is 3. The van der Waals surface area contributed by atoms with Gasteiger partial charge < -0.3 is 15.1 Å². The smallest absolute Gasteiger partial charge is 0.253 e. The molecule has 0 radical (unpaired) electrons. The number of para-hydroxylation sites is 2. The molecule has 2 amide bonds. The molecule has 2 N–H and O–H groups in total. The van der Waals surface area contributed by atoms with Crippen LogP contribution in [-0.4, -0.2) is 34.8 Å². The van der Waals surface area contributed by atoms with Crippen molar-refractivity contribution < 1.29 is 14.0 Å². The number of benzene rings is 2. The van der Waals surface area contributed by atoms with E-state index >= 15 is 0 Å². The van der Waals surface area contributed by atoms with Crippen molar-refractivity contribution in [2.75, 3.05) is 13.1 Å². The van der Waals surface area contributed by atoms with Gasteiger partial charge in [0.1, 0.15) is 5.52 Å². The number of aromatic nitrogens is 1. The summed E-state index contributed by atoms with van der Waals surface area (Å²) in [6.07, 6.45) is 1.81. The van der Waals surface area contributed by atoms with Crippen LogP contribution in [0, 0.1) is 0 Å². The first-order chi connectivity index (χ1) is 12.6. The van der Waals surface area contributed by atoms with Gasteiger partial charge in [0.25, 0.3) is 5.91 Å². The lowest BCUT2D eigenvalue weighted by Crippen LogP contribution is -2.39. The standard InChI is InChI=1S/C20H19N3O3/c21-18(24)13-5-3-6-14(11-13)20(25)23-10-4-7-15(12-23)19-22-16-8-1-2-9-17(16)26-19/h1-3,5-6,8-9,11,15H,4,7,10,12H2,(H2,21,24)/t15-/m1/s1. The molecule has 1 aliphatic rings. The number of carbonyl (C=O) groups is 2. The van der Waals surface area contributed by atoms with E-state index in [1.807, 2.05) is 24.3 Å². The molecule has 1 atom stereocenters. The topological polar surface area (TPSA) is 89.4 Å². The van der Waals surface area contributed by atoms with E-state index in [1.165, 1.54) is 0 Å². The molecule has 6 nitrogen and oxygen atoms in total. The van der Waals surface area contributed by atoms with Crippen molar-refractivity contribution in [3.8, 4) is 0 Å². The number of nitrogens with two attached hydrogens (primary N) is 1. The van der Waals surface area contributed by atoms with Gasteiger partial charge in [-0.2, -0.15) is 0 Å². The Labute approximate surface area is 150 Å². The fourth-order valence-corrected chi connectivity index (χ4v) is 3.42. The van der Waals surface area contributed by atoms with Crippen LogP contribution in [0.2, 0.25) is 0 Å². The molecule has 0 bridgehead atoms. The summed E-state index contributed by atoms with van der Waals surface area (Å²) in [5.41, 5.74) is 7.72. The lowest BCUT2D eigenvalue weighted by molar-refractivity contribution is 0.0699. The van der Waals surface area contributed by atoms with Gasteiger partial charge in [-0.05, 0) is 43.2 Å².